The number of rotatable bonds is 8. The van der Waals surface area contributed by atoms with E-state index in [1.54, 1.807) is 18.7 Å². The van der Waals surface area contributed by atoms with Crippen LogP contribution in [-0.4, -0.2) is 33.1 Å². The summed E-state index contributed by atoms with van der Waals surface area (Å²) in [6, 6.07) is 2.16. The monoisotopic (exact) mass is 356 g/mol. The van der Waals surface area contributed by atoms with Gasteiger partial charge in [0.1, 0.15) is 5.54 Å². The molecule has 1 heterocycles. The highest BCUT2D eigenvalue weighted by Crippen LogP contribution is 2.29. The molecule has 0 aliphatic heterocycles. The molecular formula is C14H20N4OS3. The van der Waals surface area contributed by atoms with E-state index in [0.717, 1.165) is 20.0 Å². The van der Waals surface area contributed by atoms with Gasteiger partial charge in [0.25, 0.3) is 0 Å². The van der Waals surface area contributed by atoms with Crippen molar-refractivity contribution in [1.29, 1.82) is 5.26 Å². The van der Waals surface area contributed by atoms with Crippen LogP contribution >= 0.6 is 34.9 Å². The van der Waals surface area contributed by atoms with E-state index < -0.39 is 5.54 Å². The van der Waals surface area contributed by atoms with Gasteiger partial charge in [0, 0.05) is 5.75 Å². The van der Waals surface area contributed by atoms with Gasteiger partial charge in [-0.3, -0.25) is 4.79 Å². The number of nitrogens with zero attached hydrogens (tertiary/aromatic N) is 3. The highest BCUT2D eigenvalue weighted by atomic mass is 32.2. The normalized spacial score (nSPS) is 13.5. The van der Waals surface area contributed by atoms with Crippen LogP contribution in [-0.2, 0) is 4.79 Å². The third-order valence-electron chi connectivity index (χ3n) is 2.94. The second-order valence-electron chi connectivity index (χ2n) is 5.39. The first-order valence-corrected chi connectivity index (χ1v) is 9.51. The molecule has 1 aromatic rings. The standard InChI is InChI=1S/C14H20N4OS3/c1-9(2)6-20-12-17-18-13(22-12)21-7-11(19)16-14(5,8-15)10(3)4/h10H,1,6-7H2,2-5H3,(H,16,19)/t14-/m0/s1. The summed E-state index contributed by atoms with van der Waals surface area (Å²) in [5.74, 6) is 0.908. The number of hydrogen-bond acceptors (Lipinski definition) is 7. The first-order valence-electron chi connectivity index (χ1n) is 6.72. The Kier molecular flexibility index (Phi) is 7.39. The van der Waals surface area contributed by atoms with E-state index in [9.17, 15) is 10.1 Å². The highest BCUT2D eigenvalue weighted by Gasteiger charge is 2.29. The van der Waals surface area contributed by atoms with Crippen LogP contribution in [0.2, 0.25) is 0 Å². The molecule has 1 amide bonds. The van der Waals surface area contributed by atoms with Gasteiger partial charge in [-0.25, -0.2) is 0 Å². The third kappa shape index (κ3) is 5.99. The van der Waals surface area contributed by atoms with Gasteiger partial charge in [0.15, 0.2) is 8.68 Å². The van der Waals surface area contributed by atoms with Gasteiger partial charge in [0.05, 0.1) is 11.8 Å². The molecule has 0 aliphatic carbocycles. The van der Waals surface area contributed by atoms with Crippen LogP contribution in [0.15, 0.2) is 20.8 Å². The minimum atomic E-state index is -0.846. The number of thioether (sulfide) groups is 2. The molecule has 0 saturated carbocycles. The second-order valence-corrected chi connectivity index (χ2v) is 8.81. The van der Waals surface area contributed by atoms with Gasteiger partial charge >= 0.3 is 0 Å². The van der Waals surface area contributed by atoms with Gasteiger partial charge in [-0.15, -0.1) is 10.2 Å². The van der Waals surface area contributed by atoms with Gasteiger partial charge in [0.2, 0.25) is 5.91 Å². The third-order valence-corrected chi connectivity index (χ3v) is 6.36. The molecule has 0 radical (unpaired) electrons. The maximum atomic E-state index is 12.0. The first kappa shape index (κ1) is 19.0. The van der Waals surface area contributed by atoms with Crippen LogP contribution in [0.25, 0.3) is 0 Å². The maximum Gasteiger partial charge on any atom is 0.231 e. The zero-order chi connectivity index (χ0) is 16.8. The van der Waals surface area contributed by atoms with E-state index in [4.69, 9.17) is 0 Å². The van der Waals surface area contributed by atoms with E-state index in [1.807, 2.05) is 20.8 Å². The zero-order valence-electron chi connectivity index (χ0n) is 13.2. The molecule has 0 fully saturated rings. The Morgan fingerprint density at radius 3 is 2.41 bits per heavy atom. The molecule has 120 valence electrons. The van der Waals surface area contributed by atoms with Crippen molar-refractivity contribution < 1.29 is 4.79 Å². The number of aromatic nitrogens is 2. The van der Waals surface area contributed by atoms with Gasteiger partial charge in [-0.2, -0.15) is 5.26 Å². The lowest BCUT2D eigenvalue weighted by Crippen LogP contribution is -2.49. The van der Waals surface area contributed by atoms with Crippen LogP contribution in [0.5, 0.6) is 0 Å². The van der Waals surface area contributed by atoms with Crippen molar-refractivity contribution in [3.63, 3.8) is 0 Å². The van der Waals surface area contributed by atoms with Crippen molar-refractivity contribution in [1.82, 2.24) is 15.5 Å². The molecule has 1 rings (SSSR count). The smallest absolute Gasteiger partial charge is 0.231 e. The molecule has 1 N–H and O–H groups in total. The Morgan fingerprint density at radius 1 is 1.41 bits per heavy atom. The van der Waals surface area contributed by atoms with E-state index in [2.05, 4.69) is 28.2 Å². The number of nitrogens with one attached hydrogen (secondary N) is 1. The molecule has 0 aromatic carbocycles. The molecule has 0 aliphatic rings. The van der Waals surface area contributed by atoms with Crippen molar-refractivity contribution in [2.75, 3.05) is 11.5 Å². The lowest BCUT2D eigenvalue weighted by Gasteiger charge is -2.27. The minimum Gasteiger partial charge on any atom is -0.337 e. The quantitative estimate of drug-likeness (QED) is 0.568. The van der Waals surface area contributed by atoms with E-state index in [0.29, 0.717) is 0 Å². The fourth-order valence-corrected chi connectivity index (χ4v) is 3.92. The summed E-state index contributed by atoms with van der Waals surface area (Å²) < 4.78 is 1.62. The average molecular weight is 357 g/mol. The molecule has 8 heteroatoms. The summed E-state index contributed by atoms with van der Waals surface area (Å²) >= 11 is 4.39. The van der Waals surface area contributed by atoms with Crippen LogP contribution in [0.4, 0.5) is 0 Å². The van der Waals surface area contributed by atoms with Crippen LogP contribution in [0, 0.1) is 17.2 Å². The Balaban J connectivity index is 2.48. The summed E-state index contributed by atoms with van der Waals surface area (Å²) in [5, 5.41) is 20.1. The van der Waals surface area contributed by atoms with E-state index in [-0.39, 0.29) is 17.6 Å². The largest absolute Gasteiger partial charge is 0.337 e. The Morgan fingerprint density at radius 2 is 1.95 bits per heavy atom. The number of hydrogen-bond donors (Lipinski definition) is 1. The summed E-state index contributed by atoms with van der Waals surface area (Å²) in [6.07, 6.45) is 0. The minimum absolute atomic E-state index is 0.0399. The predicted octanol–water partition coefficient (Wildman–Crippen LogP) is 3.35. The molecule has 0 saturated heterocycles. The molecule has 0 unspecified atom stereocenters. The van der Waals surface area contributed by atoms with Crippen LogP contribution in [0.3, 0.4) is 0 Å². The number of nitriles is 1. The Bertz CT molecular complexity index is 579. The SMILES string of the molecule is C=C(C)CSc1nnc(SCC(=O)N[C@@](C)(C#N)C(C)C)s1. The fourth-order valence-electron chi connectivity index (χ4n) is 1.25. The topological polar surface area (TPSA) is 78.7 Å². The summed E-state index contributed by atoms with van der Waals surface area (Å²) in [7, 11) is 0. The van der Waals surface area contributed by atoms with Gasteiger partial charge < -0.3 is 5.32 Å². The van der Waals surface area contributed by atoms with Crippen molar-refractivity contribution in [3.05, 3.63) is 12.2 Å². The molecule has 0 spiro atoms. The van der Waals surface area contributed by atoms with Crippen molar-refractivity contribution in [2.24, 2.45) is 5.92 Å². The van der Waals surface area contributed by atoms with E-state index in [1.165, 1.54) is 23.1 Å². The lowest BCUT2D eigenvalue weighted by molar-refractivity contribution is -0.120. The summed E-state index contributed by atoms with van der Waals surface area (Å²) in [6.45, 7) is 11.4. The Labute approximate surface area is 144 Å². The average Bonchev–Trinajstić information content (AvgIpc) is 2.90. The number of carbonyl (C=O) groups excluding carboxylic acids is 1. The van der Waals surface area contributed by atoms with Crippen LogP contribution < -0.4 is 5.32 Å². The van der Waals surface area contributed by atoms with E-state index >= 15 is 0 Å². The molecule has 1 atom stereocenters. The molecule has 5 nitrogen and oxygen atoms in total. The lowest BCUT2D eigenvalue weighted by atomic mass is 9.90. The molecule has 0 bridgehead atoms. The van der Waals surface area contributed by atoms with Crippen molar-refractivity contribution in [2.45, 2.75) is 41.9 Å². The van der Waals surface area contributed by atoms with Crippen molar-refractivity contribution in [3.8, 4) is 6.07 Å². The zero-order valence-corrected chi connectivity index (χ0v) is 15.6. The predicted molar refractivity (Wildman–Crippen MR) is 93.2 cm³/mol. The fraction of sp³-hybridized carbons (Fsp3) is 0.571. The van der Waals surface area contributed by atoms with Gasteiger partial charge in [-0.1, -0.05) is 60.9 Å². The Hall–Kier alpha value is -1.04. The number of carbonyl (C=O) groups is 1. The van der Waals surface area contributed by atoms with Crippen molar-refractivity contribution >= 4 is 40.8 Å². The maximum absolute atomic E-state index is 12.0. The molecular weight excluding hydrogens is 336 g/mol. The number of amides is 1. The summed E-state index contributed by atoms with van der Waals surface area (Å²) in [5.41, 5.74) is 0.236. The summed E-state index contributed by atoms with van der Waals surface area (Å²) in [4.78, 5) is 12.0. The first-order chi connectivity index (χ1) is 10.3. The molecule has 22 heavy (non-hydrogen) atoms. The second kappa shape index (κ2) is 8.56. The highest BCUT2D eigenvalue weighted by molar-refractivity contribution is 8.03. The molecule has 1 aromatic heterocycles. The van der Waals surface area contributed by atoms with Gasteiger partial charge in [-0.05, 0) is 19.8 Å². The van der Waals surface area contributed by atoms with Crippen LogP contribution in [0.1, 0.15) is 27.7 Å².